The molecular formula is C18H30N2O19. The molecule has 0 aliphatic carbocycles. The average molecular weight is 578 g/mol. The van der Waals surface area contributed by atoms with Crippen molar-refractivity contribution in [2.75, 3.05) is 26.4 Å². The van der Waals surface area contributed by atoms with E-state index >= 15 is 0 Å². The van der Waals surface area contributed by atoms with Crippen LogP contribution in [0.5, 0.6) is 0 Å². The largest absolute Gasteiger partial charge is 0.394 e. The van der Waals surface area contributed by atoms with Gasteiger partial charge in [-0.1, -0.05) is 0 Å². The highest BCUT2D eigenvalue weighted by Crippen LogP contribution is 2.31. The van der Waals surface area contributed by atoms with Crippen LogP contribution in [-0.4, -0.2) is 163 Å². The van der Waals surface area contributed by atoms with E-state index in [1.54, 1.807) is 0 Å². The number of aliphatic hydroxyl groups excluding tert-OH is 8. The van der Waals surface area contributed by atoms with Crippen LogP contribution in [0.1, 0.15) is 0 Å². The second kappa shape index (κ2) is 13.5. The van der Waals surface area contributed by atoms with E-state index in [1.165, 1.54) is 0 Å². The van der Waals surface area contributed by atoms with Gasteiger partial charge in [0.05, 0.1) is 26.4 Å². The Hall–Kier alpha value is -2.12. The molecule has 0 radical (unpaired) electrons. The lowest BCUT2D eigenvalue weighted by Gasteiger charge is -2.45. The summed E-state index contributed by atoms with van der Waals surface area (Å²) in [5.41, 5.74) is 0. The summed E-state index contributed by atoms with van der Waals surface area (Å²) in [7, 11) is 0. The third kappa shape index (κ3) is 7.15. The first-order valence-corrected chi connectivity index (χ1v) is 11.5. The van der Waals surface area contributed by atoms with E-state index in [2.05, 4.69) is 9.68 Å². The number of hydrogen-bond donors (Lipinski definition) is 8. The van der Waals surface area contributed by atoms with Crippen molar-refractivity contribution in [2.24, 2.45) is 0 Å². The number of nitrogens with zero attached hydrogens (tertiary/aromatic N) is 2. The highest BCUT2D eigenvalue weighted by molar-refractivity contribution is 4.95. The van der Waals surface area contributed by atoms with Crippen molar-refractivity contribution in [1.29, 1.82) is 0 Å². The standard InChI is InChI=1S/C12H22O11.C6H8N2O8/c13-1-3-5(15)6(16)9(19)12(22-3)23-10-4(2-14)21-11(20)8(18)7(10)17;9-7(10)15-3-1-13-6-4(16-8(11)12)2-14-5(3)6/h3-20H,1-2H2;3-6H,1-2H2/t3-,4-,5+,6+,7-,8-,9-,10-,11?,12+;3-,4-,5+,6+/m10/s1. The van der Waals surface area contributed by atoms with Crippen molar-refractivity contribution in [3.05, 3.63) is 20.2 Å². The van der Waals surface area contributed by atoms with Crippen molar-refractivity contribution < 1.29 is 84.4 Å². The molecule has 14 atom stereocenters. The molecule has 4 fully saturated rings. The van der Waals surface area contributed by atoms with Crippen molar-refractivity contribution in [3.63, 3.8) is 0 Å². The highest BCUT2D eigenvalue weighted by Gasteiger charge is 2.52. The first-order valence-electron chi connectivity index (χ1n) is 11.5. The molecule has 0 bridgehead atoms. The Morgan fingerprint density at radius 2 is 1.21 bits per heavy atom. The van der Waals surface area contributed by atoms with E-state index in [9.17, 15) is 56.0 Å². The minimum Gasteiger partial charge on any atom is -0.394 e. The molecule has 4 saturated heterocycles. The van der Waals surface area contributed by atoms with Crippen LogP contribution in [0.4, 0.5) is 0 Å². The van der Waals surface area contributed by atoms with Crippen LogP contribution in [0.2, 0.25) is 0 Å². The summed E-state index contributed by atoms with van der Waals surface area (Å²) in [6, 6.07) is 0. The van der Waals surface area contributed by atoms with E-state index in [4.69, 9.17) is 28.8 Å². The van der Waals surface area contributed by atoms with Gasteiger partial charge in [-0.2, -0.15) is 0 Å². The van der Waals surface area contributed by atoms with Crippen LogP contribution >= 0.6 is 0 Å². The van der Waals surface area contributed by atoms with Crippen molar-refractivity contribution in [1.82, 2.24) is 0 Å². The summed E-state index contributed by atoms with van der Waals surface area (Å²) in [5, 5.41) is 94.9. The molecule has 21 nitrogen and oxygen atoms in total. The maximum atomic E-state index is 10.1. The molecule has 4 aliphatic rings. The normalized spacial score (nSPS) is 45.5. The Bertz CT molecular complexity index is 789. The molecule has 0 aromatic heterocycles. The van der Waals surface area contributed by atoms with Gasteiger partial charge in [-0.25, -0.2) is 0 Å². The fourth-order valence-corrected chi connectivity index (χ4v) is 4.40. The van der Waals surface area contributed by atoms with E-state index in [0.717, 1.165) is 0 Å². The van der Waals surface area contributed by atoms with Gasteiger partial charge >= 0.3 is 0 Å². The summed E-state index contributed by atoms with van der Waals surface area (Å²) >= 11 is 0. The Balaban J connectivity index is 0.000000230. The quantitative estimate of drug-likeness (QED) is 0.0980. The summed E-state index contributed by atoms with van der Waals surface area (Å²) in [6.45, 7) is -1.44. The summed E-state index contributed by atoms with van der Waals surface area (Å²) in [5.74, 6) is 0. The molecule has 4 rings (SSSR count). The topological polar surface area (TPSA) is 313 Å². The molecule has 0 spiro atoms. The van der Waals surface area contributed by atoms with Gasteiger partial charge in [-0.15, -0.1) is 20.2 Å². The molecule has 0 saturated carbocycles. The maximum absolute atomic E-state index is 10.1. The van der Waals surface area contributed by atoms with Gasteiger partial charge in [-0.05, 0) is 0 Å². The lowest BCUT2D eigenvalue weighted by molar-refractivity contribution is -0.769. The zero-order valence-electron chi connectivity index (χ0n) is 19.9. The molecule has 39 heavy (non-hydrogen) atoms. The zero-order chi connectivity index (χ0) is 29.0. The van der Waals surface area contributed by atoms with Gasteiger partial charge in [-0.3, -0.25) is 0 Å². The molecule has 1 unspecified atom stereocenters. The zero-order valence-corrected chi connectivity index (χ0v) is 19.9. The molecule has 4 aliphatic heterocycles. The van der Waals surface area contributed by atoms with Gasteiger partial charge in [0.15, 0.2) is 24.8 Å². The number of ether oxygens (including phenoxy) is 5. The van der Waals surface area contributed by atoms with Gasteiger partial charge in [0, 0.05) is 0 Å². The molecule has 0 amide bonds. The molecular weight excluding hydrogens is 548 g/mol. The Labute approximate surface area is 217 Å². The number of rotatable bonds is 8. The fourth-order valence-electron chi connectivity index (χ4n) is 4.40. The molecule has 0 aromatic rings. The molecule has 8 N–H and O–H groups in total. The van der Waals surface area contributed by atoms with Crippen LogP contribution in [0.3, 0.4) is 0 Å². The lowest BCUT2D eigenvalue weighted by Crippen LogP contribution is -2.64. The molecule has 0 aromatic carbocycles. The summed E-state index contributed by atoms with van der Waals surface area (Å²) in [6.07, 6.45) is -18.7. The van der Waals surface area contributed by atoms with E-state index in [-0.39, 0.29) is 13.2 Å². The van der Waals surface area contributed by atoms with Crippen LogP contribution in [0, 0.1) is 20.2 Å². The van der Waals surface area contributed by atoms with Crippen LogP contribution < -0.4 is 0 Å². The third-order valence-electron chi connectivity index (χ3n) is 6.38. The predicted octanol–water partition coefficient (Wildman–Crippen LogP) is -6.46. The third-order valence-corrected chi connectivity index (χ3v) is 6.38. The summed E-state index contributed by atoms with van der Waals surface area (Å²) in [4.78, 5) is 28.9. The highest BCUT2D eigenvalue weighted by atomic mass is 17.0. The van der Waals surface area contributed by atoms with Gasteiger partial charge < -0.3 is 74.2 Å². The van der Waals surface area contributed by atoms with Crippen molar-refractivity contribution >= 4 is 0 Å². The Morgan fingerprint density at radius 3 is 1.67 bits per heavy atom. The molecule has 4 heterocycles. The Kier molecular flexibility index (Phi) is 10.9. The van der Waals surface area contributed by atoms with Crippen molar-refractivity contribution in [3.8, 4) is 0 Å². The monoisotopic (exact) mass is 578 g/mol. The summed E-state index contributed by atoms with van der Waals surface area (Å²) < 4.78 is 25.5. The van der Waals surface area contributed by atoms with E-state index < -0.39 is 109 Å². The molecule has 226 valence electrons. The maximum Gasteiger partial charge on any atom is 0.294 e. The van der Waals surface area contributed by atoms with Crippen LogP contribution in [0.25, 0.3) is 0 Å². The predicted molar refractivity (Wildman–Crippen MR) is 112 cm³/mol. The molecule has 21 heteroatoms. The SMILES string of the molecule is O=[N+]([O-])O[C@H]1CO[C@H]2[C@@H]1OC[C@@H]2O[N+](=O)[O-].OC[C@H]1O[C@@H](O[C@H]2[C@H](O)[C@@H](O)C(O)O[C@@H]2CO)[C@H](O)[C@@H](O)[C@H]1O. The number of aliphatic hydroxyl groups is 8. The van der Waals surface area contributed by atoms with E-state index in [1.807, 2.05) is 0 Å². The van der Waals surface area contributed by atoms with Gasteiger partial charge in [0.2, 0.25) is 0 Å². The average Bonchev–Trinajstić information content (AvgIpc) is 3.47. The second-order valence-corrected chi connectivity index (χ2v) is 8.86. The smallest absolute Gasteiger partial charge is 0.294 e. The van der Waals surface area contributed by atoms with Crippen molar-refractivity contribution in [2.45, 2.75) is 85.8 Å². The van der Waals surface area contributed by atoms with Gasteiger partial charge in [0.25, 0.3) is 10.2 Å². The van der Waals surface area contributed by atoms with Crippen LogP contribution in [0.15, 0.2) is 0 Å². The fraction of sp³-hybridized carbons (Fsp3) is 1.00. The van der Waals surface area contributed by atoms with E-state index in [0.29, 0.717) is 0 Å². The lowest BCUT2D eigenvalue weighted by atomic mass is 9.97. The minimum atomic E-state index is -1.74. The van der Waals surface area contributed by atoms with Gasteiger partial charge in [0.1, 0.15) is 61.0 Å². The van der Waals surface area contributed by atoms with Crippen LogP contribution in [-0.2, 0) is 33.4 Å². The first-order chi connectivity index (χ1) is 18.4. The second-order valence-electron chi connectivity index (χ2n) is 8.86. The number of hydrogen-bond acceptors (Lipinski definition) is 19. The minimum absolute atomic E-state index is 0.0477. The first kappa shape index (κ1) is 31.4. The number of fused-ring (bicyclic) bond motifs is 1. The Morgan fingerprint density at radius 1 is 0.692 bits per heavy atom.